The second kappa shape index (κ2) is 8.84. The maximum absolute atomic E-state index is 13.2. The van der Waals surface area contributed by atoms with Crippen molar-refractivity contribution in [2.45, 2.75) is 44.6 Å². The Morgan fingerprint density at radius 3 is 2.58 bits per heavy atom. The molecule has 1 aliphatic carbocycles. The molecule has 1 atom stereocenters. The summed E-state index contributed by atoms with van der Waals surface area (Å²) < 4.78 is 0. The molecule has 1 amide bonds. The molecule has 1 aliphatic heterocycles. The highest BCUT2D eigenvalue weighted by Crippen LogP contribution is 2.36. The molecule has 0 unspecified atom stereocenters. The van der Waals surface area contributed by atoms with Crippen LogP contribution in [0, 0.1) is 5.92 Å². The molecular weight excluding hydrogens is 386 g/mol. The molecule has 5 rings (SSSR count). The first-order valence-electron chi connectivity index (χ1n) is 11.2. The topological polar surface area (TPSA) is 71.0 Å². The lowest BCUT2D eigenvalue weighted by Gasteiger charge is -2.27. The summed E-state index contributed by atoms with van der Waals surface area (Å²) in [6.07, 6.45) is 9.81. The van der Waals surface area contributed by atoms with Crippen LogP contribution in [-0.4, -0.2) is 32.3 Å². The van der Waals surface area contributed by atoms with Crippen LogP contribution >= 0.6 is 0 Å². The lowest BCUT2D eigenvalue weighted by atomic mass is 10.1. The first-order chi connectivity index (χ1) is 15.3. The summed E-state index contributed by atoms with van der Waals surface area (Å²) in [5, 5.41) is 3.40. The molecule has 31 heavy (non-hydrogen) atoms. The van der Waals surface area contributed by atoms with E-state index in [1.807, 2.05) is 59.6 Å². The van der Waals surface area contributed by atoms with Gasteiger partial charge in [0.2, 0.25) is 5.91 Å². The minimum absolute atomic E-state index is 0.0685. The molecule has 1 saturated carbocycles. The Kier molecular flexibility index (Phi) is 5.61. The maximum Gasteiger partial charge on any atom is 0.226 e. The summed E-state index contributed by atoms with van der Waals surface area (Å²) in [6, 6.07) is 15.8. The number of hydrogen-bond donors (Lipinski definition) is 1. The van der Waals surface area contributed by atoms with Crippen molar-refractivity contribution in [1.82, 2.24) is 19.9 Å². The van der Waals surface area contributed by atoms with Crippen molar-refractivity contribution in [2.24, 2.45) is 5.92 Å². The van der Waals surface area contributed by atoms with Gasteiger partial charge in [0, 0.05) is 42.2 Å². The fraction of sp³-hybridized carbons (Fsp3) is 0.360. The number of hydrogen-bond acceptors (Lipinski definition) is 5. The predicted molar refractivity (Wildman–Crippen MR) is 121 cm³/mol. The van der Waals surface area contributed by atoms with Gasteiger partial charge in [-0.05, 0) is 49.9 Å². The smallest absolute Gasteiger partial charge is 0.226 e. The van der Waals surface area contributed by atoms with Gasteiger partial charge < -0.3 is 10.2 Å². The van der Waals surface area contributed by atoms with Crippen molar-refractivity contribution in [3.63, 3.8) is 0 Å². The van der Waals surface area contributed by atoms with Crippen LogP contribution in [0.5, 0.6) is 0 Å². The van der Waals surface area contributed by atoms with Gasteiger partial charge in [0.1, 0.15) is 5.82 Å². The van der Waals surface area contributed by atoms with Gasteiger partial charge in [0.15, 0.2) is 5.82 Å². The molecule has 2 fully saturated rings. The highest BCUT2D eigenvalue weighted by molar-refractivity contribution is 5.80. The van der Waals surface area contributed by atoms with Gasteiger partial charge in [-0.25, -0.2) is 9.97 Å². The van der Waals surface area contributed by atoms with E-state index in [9.17, 15) is 4.79 Å². The van der Waals surface area contributed by atoms with Crippen LogP contribution < -0.4 is 5.32 Å². The van der Waals surface area contributed by atoms with Crippen LogP contribution in [0.4, 0.5) is 11.5 Å². The number of carbonyl (C=O) groups excluding carboxylic acids is 1. The Labute approximate surface area is 182 Å². The molecule has 1 saturated heterocycles. The van der Waals surface area contributed by atoms with Gasteiger partial charge in [-0.15, -0.1) is 0 Å². The van der Waals surface area contributed by atoms with Crippen molar-refractivity contribution in [3.05, 3.63) is 66.7 Å². The summed E-state index contributed by atoms with van der Waals surface area (Å²) in [5.74, 6) is 1.90. The summed E-state index contributed by atoms with van der Waals surface area (Å²) in [4.78, 5) is 29.3. The Bertz CT molecular complexity index is 1030. The van der Waals surface area contributed by atoms with Crippen molar-refractivity contribution in [1.29, 1.82) is 0 Å². The number of amides is 1. The summed E-state index contributed by atoms with van der Waals surface area (Å²) in [7, 11) is 0. The minimum atomic E-state index is -0.0685. The zero-order valence-electron chi connectivity index (χ0n) is 17.6. The van der Waals surface area contributed by atoms with E-state index < -0.39 is 0 Å². The Hall–Kier alpha value is -3.28. The third-order valence-electron chi connectivity index (χ3n) is 6.29. The summed E-state index contributed by atoms with van der Waals surface area (Å²) >= 11 is 0. The number of rotatable bonds is 5. The Morgan fingerprint density at radius 1 is 0.968 bits per heavy atom. The molecule has 6 nitrogen and oxygen atoms in total. The molecule has 158 valence electrons. The monoisotopic (exact) mass is 413 g/mol. The Morgan fingerprint density at radius 2 is 1.81 bits per heavy atom. The Balaban J connectivity index is 1.50. The number of aromatic nitrogens is 3. The number of nitrogens with zero attached hydrogens (tertiary/aromatic N) is 4. The van der Waals surface area contributed by atoms with Crippen molar-refractivity contribution < 1.29 is 4.79 Å². The lowest BCUT2D eigenvalue weighted by Crippen LogP contribution is -2.35. The average Bonchev–Trinajstić information content (AvgIpc) is 3.52. The summed E-state index contributed by atoms with van der Waals surface area (Å²) in [5.41, 5.74) is 2.72. The quantitative estimate of drug-likeness (QED) is 0.627. The zero-order chi connectivity index (χ0) is 21.0. The molecule has 2 aliphatic rings. The molecule has 1 aromatic carbocycles. The fourth-order valence-corrected chi connectivity index (χ4v) is 4.72. The van der Waals surface area contributed by atoms with E-state index in [1.54, 1.807) is 6.20 Å². The van der Waals surface area contributed by atoms with Gasteiger partial charge in [-0.3, -0.25) is 9.78 Å². The van der Waals surface area contributed by atoms with Gasteiger partial charge in [-0.2, -0.15) is 0 Å². The van der Waals surface area contributed by atoms with Gasteiger partial charge in [0.05, 0.1) is 11.7 Å². The second-order valence-electron chi connectivity index (χ2n) is 8.40. The molecule has 2 aromatic heterocycles. The number of nitrogens with one attached hydrogen (secondary N) is 1. The third-order valence-corrected chi connectivity index (χ3v) is 6.29. The summed E-state index contributed by atoms with van der Waals surface area (Å²) in [6.45, 7) is 0.794. The highest BCUT2D eigenvalue weighted by atomic mass is 16.2. The second-order valence-corrected chi connectivity index (χ2v) is 8.40. The van der Waals surface area contributed by atoms with E-state index in [0.29, 0.717) is 5.82 Å². The van der Waals surface area contributed by atoms with Crippen LogP contribution in [0.1, 0.15) is 50.4 Å². The van der Waals surface area contributed by atoms with E-state index in [1.165, 1.54) is 0 Å². The normalized spacial score (nSPS) is 19.0. The minimum Gasteiger partial charge on any atom is -0.340 e. The molecule has 3 aromatic rings. The molecule has 1 N–H and O–H groups in total. The van der Waals surface area contributed by atoms with Gasteiger partial charge in [0.25, 0.3) is 0 Å². The number of anilines is 2. The van der Waals surface area contributed by atoms with Gasteiger partial charge >= 0.3 is 0 Å². The van der Waals surface area contributed by atoms with Crippen molar-refractivity contribution in [3.8, 4) is 11.3 Å². The first-order valence-corrected chi connectivity index (χ1v) is 11.2. The molecule has 0 spiro atoms. The average molecular weight is 414 g/mol. The highest BCUT2D eigenvalue weighted by Gasteiger charge is 2.36. The largest absolute Gasteiger partial charge is 0.340 e. The number of carbonyl (C=O) groups is 1. The van der Waals surface area contributed by atoms with Crippen molar-refractivity contribution in [2.75, 3.05) is 11.9 Å². The van der Waals surface area contributed by atoms with Crippen LogP contribution in [0.3, 0.4) is 0 Å². The first kappa shape index (κ1) is 19.7. The van der Waals surface area contributed by atoms with E-state index in [-0.39, 0.29) is 17.9 Å². The molecule has 3 heterocycles. The SMILES string of the molecule is O=C(C1CCCC1)N1CCC[C@@H]1c1nc(Nc2ccccc2)cc(-c2cccnc2)n1. The third kappa shape index (κ3) is 4.29. The van der Waals surface area contributed by atoms with Crippen LogP contribution in [0.25, 0.3) is 11.3 Å². The predicted octanol–water partition coefficient (Wildman–Crippen LogP) is 5.14. The van der Waals surface area contributed by atoms with Crippen LogP contribution in [0.2, 0.25) is 0 Å². The van der Waals surface area contributed by atoms with E-state index >= 15 is 0 Å². The van der Waals surface area contributed by atoms with Crippen molar-refractivity contribution >= 4 is 17.4 Å². The molecule has 6 heteroatoms. The zero-order valence-corrected chi connectivity index (χ0v) is 17.6. The van der Waals surface area contributed by atoms with E-state index in [4.69, 9.17) is 9.97 Å². The maximum atomic E-state index is 13.2. The van der Waals surface area contributed by atoms with Gasteiger partial charge in [-0.1, -0.05) is 31.0 Å². The van der Waals surface area contributed by atoms with E-state index in [2.05, 4.69) is 10.3 Å². The lowest BCUT2D eigenvalue weighted by molar-refractivity contribution is -0.136. The fourth-order valence-electron chi connectivity index (χ4n) is 4.72. The number of benzene rings is 1. The number of pyridine rings is 1. The molecule has 0 radical (unpaired) electrons. The van der Waals surface area contributed by atoms with Crippen LogP contribution in [0.15, 0.2) is 60.9 Å². The number of likely N-dealkylation sites (tertiary alicyclic amines) is 1. The molecular formula is C25H27N5O. The number of para-hydroxylation sites is 1. The standard InChI is InChI=1S/C25H27N5O/c31-25(18-8-4-5-9-18)30-15-7-13-22(30)24-28-21(19-10-6-14-26-17-19)16-23(29-24)27-20-11-2-1-3-12-20/h1-3,6,10-12,14,16-18,22H,4-5,7-9,13,15H2,(H,27,28,29)/t22-/m1/s1. The van der Waals surface area contributed by atoms with E-state index in [0.717, 1.165) is 67.8 Å². The molecule has 0 bridgehead atoms. The van der Waals surface area contributed by atoms with Crippen LogP contribution in [-0.2, 0) is 4.79 Å².